The van der Waals surface area contributed by atoms with E-state index >= 15 is 4.39 Å². The largest absolute Gasteiger partial charge is 0.497 e. The highest BCUT2D eigenvalue weighted by Crippen LogP contribution is 2.42. The number of carbonyl (C=O) groups is 1. The predicted octanol–water partition coefficient (Wildman–Crippen LogP) is 6.19. The number of nitrogens with one attached hydrogen (secondary N) is 1. The van der Waals surface area contributed by atoms with E-state index < -0.39 is 29.1 Å². The Morgan fingerprint density at radius 1 is 1.26 bits per heavy atom. The molecule has 0 saturated carbocycles. The minimum atomic E-state index is -1.46. The Morgan fingerprint density at radius 3 is 2.74 bits per heavy atom. The van der Waals surface area contributed by atoms with Gasteiger partial charge in [0, 0.05) is 17.1 Å². The second-order valence-corrected chi connectivity index (χ2v) is 10.2. The average Bonchev–Trinajstić information content (AvgIpc) is 2.93. The van der Waals surface area contributed by atoms with Crippen LogP contribution in [0.4, 0.5) is 13.2 Å². The number of aryl methyl sites for hydroxylation is 1. The molecule has 38 heavy (non-hydrogen) atoms. The number of pyridine rings is 1. The number of nitrogens with zero attached hydrogens (tertiary/aromatic N) is 2. The molecular formula is C28H31ClF3N3O3. The Balaban J connectivity index is 1.40. The van der Waals surface area contributed by atoms with Gasteiger partial charge in [0.1, 0.15) is 11.9 Å². The molecule has 2 aromatic carbocycles. The highest BCUT2D eigenvalue weighted by Gasteiger charge is 2.41. The summed E-state index contributed by atoms with van der Waals surface area (Å²) in [5.74, 6) is -1.64. The maximum absolute atomic E-state index is 15.7. The standard InChI is InChI=1S/C28H31ClF3N3O3/c1-38-19-7-8-24-20(16-19)25(21(29)17-33-24)22(30)9-10-28(27(36)34-37)11-14-35(15-12-28)13-3-5-18-4-2-6-23(31)26(18)32/h2,4,6-8,16-17,22,37H,3,5,9-15H2,1H3,(H,34,36)/t22-/m1/s1. The van der Waals surface area contributed by atoms with Crippen LogP contribution in [0.5, 0.6) is 5.75 Å². The number of hydrogen-bond acceptors (Lipinski definition) is 5. The summed E-state index contributed by atoms with van der Waals surface area (Å²) in [5.41, 5.74) is 2.07. The average molecular weight is 550 g/mol. The fourth-order valence-electron chi connectivity index (χ4n) is 5.31. The monoisotopic (exact) mass is 549 g/mol. The van der Waals surface area contributed by atoms with Crippen LogP contribution >= 0.6 is 11.6 Å². The molecule has 1 saturated heterocycles. The predicted molar refractivity (Wildman–Crippen MR) is 139 cm³/mol. The van der Waals surface area contributed by atoms with E-state index in [0.717, 1.165) is 6.07 Å². The van der Waals surface area contributed by atoms with Gasteiger partial charge in [0.15, 0.2) is 11.6 Å². The Hall–Kier alpha value is -2.88. The van der Waals surface area contributed by atoms with Crippen molar-refractivity contribution in [1.82, 2.24) is 15.4 Å². The van der Waals surface area contributed by atoms with E-state index in [1.165, 1.54) is 19.4 Å². The third-order valence-electron chi connectivity index (χ3n) is 7.61. The van der Waals surface area contributed by atoms with Gasteiger partial charge in [-0.3, -0.25) is 15.0 Å². The molecule has 204 valence electrons. The van der Waals surface area contributed by atoms with E-state index in [2.05, 4.69) is 9.88 Å². The first-order valence-corrected chi connectivity index (χ1v) is 13.0. The molecule has 0 aliphatic carbocycles. The van der Waals surface area contributed by atoms with E-state index in [0.29, 0.717) is 73.1 Å². The quantitative estimate of drug-likeness (QED) is 0.233. The van der Waals surface area contributed by atoms with Crippen LogP contribution in [0, 0.1) is 17.0 Å². The molecular weight excluding hydrogens is 519 g/mol. The van der Waals surface area contributed by atoms with Crippen LogP contribution < -0.4 is 10.2 Å². The van der Waals surface area contributed by atoms with Crippen molar-refractivity contribution < 1.29 is 27.9 Å². The van der Waals surface area contributed by atoms with E-state index in [1.807, 2.05) is 0 Å². The first-order chi connectivity index (χ1) is 18.3. The maximum atomic E-state index is 15.7. The highest BCUT2D eigenvalue weighted by molar-refractivity contribution is 6.32. The first kappa shape index (κ1) is 28.1. The molecule has 0 bridgehead atoms. The Morgan fingerprint density at radius 2 is 2.03 bits per heavy atom. The lowest BCUT2D eigenvalue weighted by molar-refractivity contribution is -0.143. The fourth-order valence-corrected chi connectivity index (χ4v) is 5.58. The number of fused-ring (bicyclic) bond motifs is 1. The highest BCUT2D eigenvalue weighted by atomic mass is 35.5. The number of rotatable bonds is 10. The summed E-state index contributed by atoms with van der Waals surface area (Å²) in [7, 11) is 1.52. The van der Waals surface area contributed by atoms with E-state index in [1.54, 1.807) is 29.7 Å². The molecule has 1 aliphatic rings. The molecule has 2 heterocycles. The summed E-state index contributed by atoms with van der Waals surface area (Å²) in [6, 6.07) is 9.34. The summed E-state index contributed by atoms with van der Waals surface area (Å²) < 4.78 is 48.3. The van der Waals surface area contributed by atoms with Crippen molar-refractivity contribution in [3.63, 3.8) is 0 Å². The number of alkyl halides is 1. The number of likely N-dealkylation sites (tertiary alicyclic amines) is 1. The number of amides is 1. The summed E-state index contributed by atoms with van der Waals surface area (Å²) in [5, 5.41) is 10.2. The molecule has 6 nitrogen and oxygen atoms in total. The van der Waals surface area contributed by atoms with Crippen molar-refractivity contribution in [3.8, 4) is 5.75 Å². The second-order valence-electron chi connectivity index (χ2n) is 9.79. The molecule has 1 atom stereocenters. The fraction of sp³-hybridized carbons (Fsp3) is 0.429. The van der Waals surface area contributed by atoms with Gasteiger partial charge in [-0.2, -0.15) is 0 Å². The van der Waals surface area contributed by atoms with Gasteiger partial charge < -0.3 is 9.64 Å². The normalized spacial score (nSPS) is 16.4. The van der Waals surface area contributed by atoms with Crippen molar-refractivity contribution in [2.45, 2.75) is 44.7 Å². The SMILES string of the molecule is COc1ccc2ncc(Cl)c([C@H](F)CCC3(C(=O)NO)CCN(CCCc4cccc(F)c4F)CC3)c2c1. The molecule has 0 spiro atoms. The number of hydroxylamine groups is 1. The second kappa shape index (κ2) is 12.3. The van der Waals surface area contributed by atoms with Gasteiger partial charge in [0.05, 0.1) is 23.1 Å². The van der Waals surface area contributed by atoms with Crippen LogP contribution in [-0.2, 0) is 11.2 Å². The molecule has 0 unspecified atom stereocenters. The maximum Gasteiger partial charge on any atom is 0.249 e. The number of benzene rings is 2. The minimum absolute atomic E-state index is 0.0301. The Bertz CT molecular complexity index is 1280. The van der Waals surface area contributed by atoms with Gasteiger partial charge in [-0.25, -0.2) is 18.7 Å². The molecule has 0 radical (unpaired) electrons. The number of hydrogen-bond donors (Lipinski definition) is 2. The zero-order valence-electron chi connectivity index (χ0n) is 21.2. The smallest absolute Gasteiger partial charge is 0.249 e. The van der Waals surface area contributed by atoms with Gasteiger partial charge in [-0.05, 0) is 88.0 Å². The Kier molecular flexibility index (Phi) is 9.12. The van der Waals surface area contributed by atoms with E-state index in [9.17, 15) is 18.8 Å². The number of methoxy groups -OCH3 is 1. The van der Waals surface area contributed by atoms with Gasteiger partial charge in [-0.1, -0.05) is 23.7 Å². The summed E-state index contributed by atoms with van der Waals surface area (Å²) in [4.78, 5) is 19.2. The number of piperidine rings is 1. The summed E-state index contributed by atoms with van der Waals surface area (Å²) in [6.45, 7) is 1.78. The van der Waals surface area contributed by atoms with Crippen LogP contribution in [-0.4, -0.2) is 47.7 Å². The molecule has 1 fully saturated rings. The molecule has 2 N–H and O–H groups in total. The molecule has 1 aliphatic heterocycles. The number of carbonyl (C=O) groups excluding carboxylic acids is 1. The minimum Gasteiger partial charge on any atom is -0.497 e. The van der Waals surface area contributed by atoms with Gasteiger partial charge >= 0.3 is 0 Å². The molecule has 1 amide bonds. The van der Waals surface area contributed by atoms with Crippen molar-refractivity contribution in [2.24, 2.45) is 5.41 Å². The van der Waals surface area contributed by atoms with E-state index in [4.69, 9.17) is 16.3 Å². The van der Waals surface area contributed by atoms with Crippen molar-refractivity contribution in [3.05, 3.63) is 70.4 Å². The number of halogens is 4. The first-order valence-electron chi connectivity index (χ1n) is 12.6. The van der Waals surface area contributed by atoms with Crippen molar-refractivity contribution in [1.29, 1.82) is 0 Å². The lowest BCUT2D eigenvalue weighted by atomic mass is 9.73. The molecule has 4 rings (SSSR count). The van der Waals surface area contributed by atoms with E-state index in [-0.39, 0.29) is 17.9 Å². The van der Waals surface area contributed by atoms with Gasteiger partial charge in [-0.15, -0.1) is 0 Å². The third kappa shape index (κ3) is 6.06. The topological polar surface area (TPSA) is 74.7 Å². The summed E-state index contributed by atoms with van der Waals surface area (Å²) >= 11 is 6.36. The lowest BCUT2D eigenvalue weighted by Crippen LogP contribution is -2.48. The van der Waals surface area contributed by atoms with Gasteiger partial charge in [0.25, 0.3) is 0 Å². The van der Waals surface area contributed by atoms with Crippen molar-refractivity contribution in [2.75, 3.05) is 26.7 Å². The van der Waals surface area contributed by atoms with Crippen LogP contribution in [0.25, 0.3) is 10.9 Å². The lowest BCUT2D eigenvalue weighted by Gasteiger charge is -2.40. The zero-order chi connectivity index (χ0) is 27.3. The number of ether oxygens (including phenoxy) is 1. The molecule has 10 heteroatoms. The molecule has 3 aromatic rings. The summed E-state index contributed by atoms with van der Waals surface area (Å²) in [6.07, 6.45) is 2.10. The van der Waals surface area contributed by atoms with Crippen LogP contribution in [0.2, 0.25) is 5.02 Å². The van der Waals surface area contributed by atoms with Crippen LogP contribution in [0.1, 0.15) is 49.4 Å². The van der Waals surface area contributed by atoms with Crippen molar-refractivity contribution >= 4 is 28.4 Å². The Labute approximate surface area is 224 Å². The van der Waals surface area contributed by atoms with Crippen LogP contribution in [0.3, 0.4) is 0 Å². The third-order valence-corrected chi connectivity index (χ3v) is 7.91. The zero-order valence-corrected chi connectivity index (χ0v) is 21.9. The molecule has 1 aromatic heterocycles. The van der Waals surface area contributed by atoms with Gasteiger partial charge in [0.2, 0.25) is 5.91 Å². The van der Waals surface area contributed by atoms with Crippen LogP contribution in [0.15, 0.2) is 42.6 Å². The number of aromatic nitrogens is 1.